The standard InChI is InChI=1S/C21H22N2O3S/c1-15-13-21(16(2)12-20(15)26-3)27(24,25)23-19-6-4-17(5-7-19)14-18-8-10-22-11-9-18/h4-13,23H,14H2,1-3H3. The Bertz CT molecular complexity index is 1030. The van der Waals surface area contributed by atoms with E-state index in [9.17, 15) is 8.42 Å². The van der Waals surface area contributed by atoms with Gasteiger partial charge in [0, 0.05) is 18.1 Å². The van der Waals surface area contributed by atoms with E-state index in [0.29, 0.717) is 17.0 Å². The molecule has 0 amide bonds. The van der Waals surface area contributed by atoms with Gasteiger partial charge in [-0.25, -0.2) is 8.42 Å². The fraction of sp³-hybridized carbons (Fsp3) is 0.190. The number of nitrogens with zero attached hydrogens (tertiary/aromatic N) is 1. The average molecular weight is 382 g/mol. The van der Waals surface area contributed by atoms with Gasteiger partial charge < -0.3 is 4.74 Å². The first-order valence-electron chi connectivity index (χ1n) is 8.55. The van der Waals surface area contributed by atoms with Crippen LogP contribution in [0, 0.1) is 13.8 Å². The van der Waals surface area contributed by atoms with Crippen LogP contribution < -0.4 is 9.46 Å². The molecule has 0 radical (unpaired) electrons. The molecule has 3 aromatic rings. The number of hydrogen-bond acceptors (Lipinski definition) is 4. The molecule has 27 heavy (non-hydrogen) atoms. The molecule has 5 nitrogen and oxygen atoms in total. The number of nitrogens with one attached hydrogen (secondary N) is 1. The number of benzene rings is 2. The zero-order chi connectivity index (χ0) is 19.4. The minimum Gasteiger partial charge on any atom is -0.496 e. The molecule has 1 aromatic heterocycles. The maximum atomic E-state index is 12.8. The van der Waals surface area contributed by atoms with Gasteiger partial charge in [0.1, 0.15) is 5.75 Å². The van der Waals surface area contributed by atoms with E-state index in [1.807, 2.05) is 31.2 Å². The molecule has 0 aliphatic heterocycles. The second-order valence-electron chi connectivity index (χ2n) is 6.42. The van der Waals surface area contributed by atoms with Crippen LogP contribution in [-0.2, 0) is 16.4 Å². The molecule has 140 valence electrons. The quantitative estimate of drug-likeness (QED) is 0.697. The van der Waals surface area contributed by atoms with E-state index < -0.39 is 10.0 Å². The number of pyridine rings is 1. The van der Waals surface area contributed by atoms with Crippen molar-refractivity contribution in [3.63, 3.8) is 0 Å². The average Bonchev–Trinajstić information content (AvgIpc) is 2.65. The van der Waals surface area contributed by atoms with Crippen LogP contribution in [0.5, 0.6) is 5.75 Å². The van der Waals surface area contributed by atoms with Crippen LogP contribution >= 0.6 is 0 Å². The number of anilines is 1. The fourth-order valence-electron chi connectivity index (χ4n) is 2.91. The van der Waals surface area contributed by atoms with Crippen molar-refractivity contribution in [2.75, 3.05) is 11.8 Å². The highest BCUT2D eigenvalue weighted by atomic mass is 32.2. The molecular formula is C21H22N2O3S. The van der Waals surface area contributed by atoms with Crippen LogP contribution in [0.4, 0.5) is 5.69 Å². The Morgan fingerprint density at radius 2 is 1.56 bits per heavy atom. The summed E-state index contributed by atoms with van der Waals surface area (Å²) < 4.78 is 33.5. The monoisotopic (exact) mass is 382 g/mol. The lowest BCUT2D eigenvalue weighted by molar-refractivity contribution is 0.411. The highest BCUT2D eigenvalue weighted by Gasteiger charge is 2.19. The summed E-state index contributed by atoms with van der Waals surface area (Å²) in [5, 5.41) is 0. The van der Waals surface area contributed by atoms with E-state index >= 15 is 0 Å². The predicted molar refractivity (Wildman–Crippen MR) is 107 cm³/mol. The van der Waals surface area contributed by atoms with Crippen molar-refractivity contribution in [3.05, 3.63) is 83.2 Å². The summed E-state index contributed by atoms with van der Waals surface area (Å²) in [5.74, 6) is 0.673. The summed E-state index contributed by atoms with van der Waals surface area (Å²) in [7, 11) is -2.11. The van der Waals surface area contributed by atoms with Crippen molar-refractivity contribution in [2.24, 2.45) is 0 Å². The van der Waals surface area contributed by atoms with Gasteiger partial charge in [0.05, 0.1) is 12.0 Å². The van der Waals surface area contributed by atoms with Gasteiger partial charge in [0.2, 0.25) is 0 Å². The van der Waals surface area contributed by atoms with Crippen molar-refractivity contribution in [1.82, 2.24) is 4.98 Å². The van der Waals surface area contributed by atoms with Gasteiger partial charge in [-0.1, -0.05) is 12.1 Å². The highest BCUT2D eigenvalue weighted by molar-refractivity contribution is 7.92. The van der Waals surface area contributed by atoms with Gasteiger partial charge in [-0.2, -0.15) is 0 Å². The Morgan fingerprint density at radius 1 is 0.926 bits per heavy atom. The maximum absolute atomic E-state index is 12.8. The molecule has 2 aromatic carbocycles. The largest absolute Gasteiger partial charge is 0.496 e. The third-order valence-electron chi connectivity index (χ3n) is 4.35. The molecular weight excluding hydrogens is 360 g/mol. The molecule has 0 aliphatic rings. The SMILES string of the molecule is COc1cc(C)c(S(=O)(=O)Nc2ccc(Cc3ccncc3)cc2)cc1C. The first kappa shape index (κ1) is 18.9. The van der Waals surface area contributed by atoms with Crippen LogP contribution in [0.15, 0.2) is 65.8 Å². The predicted octanol–water partition coefficient (Wildman–Crippen LogP) is 4.10. The van der Waals surface area contributed by atoms with E-state index in [1.165, 1.54) is 0 Å². The van der Waals surface area contributed by atoms with Crippen molar-refractivity contribution in [2.45, 2.75) is 25.2 Å². The minimum atomic E-state index is -3.68. The van der Waals surface area contributed by atoms with Gasteiger partial charge in [-0.15, -0.1) is 0 Å². The van der Waals surface area contributed by atoms with E-state index in [0.717, 1.165) is 23.1 Å². The first-order chi connectivity index (χ1) is 12.9. The maximum Gasteiger partial charge on any atom is 0.262 e. The summed E-state index contributed by atoms with van der Waals surface area (Å²) in [6.07, 6.45) is 4.29. The second-order valence-corrected chi connectivity index (χ2v) is 8.07. The van der Waals surface area contributed by atoms with E-state index in [-0.39, 0.29) is 4.90 Å². The zero-order valence-electron chi connectivity index (χ0n) is 15.6. The number of sulfonamides is 1. The fourth-order valence-corrected chi connectivity index (χ4v) is 4.28. The van der Waals surface area contributed by atoms with Gasteiger partial charge >= 0.3 is 0 Å². The molecule has 1 N–H and O–H groups in total. The van der Waals surface area contributed by atoms with Crippen LogP contribution in [0.1, 0.15) is 22.3 Å². The number of ether oxygens (including phenoxy) is 1. The molecule has 0 fully saturated rings. The lowest BCUT2D eigenvalue weighted by Crippen LogP contribution is -2.14. The van der Waals surface area contributed by atoms with Crippen molar-refractivity contribution in [3.8, 4) is 5.75 Å². The van der Waals surface area contributed by atoms with Crippen LogP contribution in [0.2, 0.25) is 0 Å². The topological polar surface area (TPSA) is 68.3 Å². The number of hydrogen-bond donors (Lipinski definition) is 1. The summed E-state index contributed by atoms with van der Waals surface area (Å²) in [5.41, 5.74) is 4.19. The number of rotatable bonds is 6. The second kappa shape index (κ2) is 7.80. The van der Waals surface area contributed by atoms with Gasteiger partial charge in [-0.3, -0.25) is 9.71 Å². The normalized spacial score (nSPS) is 11.2. The van der Waals surface area contributed by atoms with Crippen LogP contribution in [-0.4, -0.2) is 20.5 Å². The van der Waals surface area contributed by atoms with Gasteiger partial charge in [0.15, 0.2) is 0 Å². The molecule has 0 spiro atoms. The molecule has 3 rings (SSSR count). The van der Waals surface area contributed by atoms with Gasteiger partial charge in [-0.05, 0) is 78.9 Å². The van der Waals surface area contributed by atoms with E-state index in [4.69, 9.17) is 4.74 Å². The number of aromatic nitrogens is 1. The van der Waals surface area contributed by atoms with Crippen LogP contribution in [0.3, 0.4) is 0 Å². The number of methoxy groups -OCH3 is 1. The lowest BCUT2D eigenvalue weighted by Gasteiger charge is -2.14. The minimum absolute atomic E-state index is 0.252. The molecule has 0 unspecified atom stereocenters. The smallest absolute Gasteiger partial charge is 0.262 e. The molecule has 6 heteroatoms. The third-order valence-corrected chi connectivity index (χ3v) is 5.87. The molecule has 0 bridgehead atoms. The van der Waals surface area contributed by atoms with Crippen molar-refractivity contribution in [1.29, 1.82) is 0 Å². The van der Waals surface area contributed by atoms with Gasteiger partial charge in [0.25, 0.3) is 10.0 Å². The molecule has 0 saturated heterocycles. The molecule has 1 heterocycles. The van der Waals surface area contributed by atoms with Crippen molar-refractivity contribution >= 4 is 15.7 Å². The summed E-state index contributed by atoms with van der Waals surface area (Å²) in [4.78, 5) is 4.26. The lowest BCUT2D eigenvalue weighted by atomic mass is 10.1. The highest BCUT2D eigenvalue weighted by Crippen LogP contribution is 2.27. The summed E-state index contributed by atoms with van der Waals surface area (Å²) in [6.45, 7) is 3.58. The molecule has 0 saturated carbocycles. The number of aryl methyl sites for hydroxylation is 2. The summed E-state index contributed by atoms with van der Waals surface area (Å²) >= 11 is 0. The molecule has 0 atom stereocenters. The Morgan fingerprint density at radius 3 is 2.19 bits per heavy atom. The van der Waals surface area contributed by atoms with E-state index in [2.05, 4.69) is 9.71 Å². The Kier molecular flexibility index (Phi) is 5.46. The third kappa shape index (κ3) is 4.46. The summed E-state index contributed by atoms with van der Waals surface area (Å²) in [6, 6.07) is 14.7. The first-order valence-corrected chi connectivity index (χ1v) is 10.0. The Labute approximate surface area is 160 Å². The van der Waals surface area contributed by atoms with E-state index in [1.54, 1.807) is 50.7 Å². The van der Waals surface area contributed by atoms with Crippen LogP contribution in [0.25, 0.3) is 0 Å². The Balaban J connectivity index is 1.79. The van der Waals surface area contributed by atoms with Crippen molar-refractivity contribution < 1.29 is 13.2 Å². The zero-order valence-corrected chi connectivity index (χ0v) is 16.4. The Hall–Kier alpha value is -2.86. The molecule has 0 aliphatic carbocycles.